The number of benzene rings is 2. The van der Waals surface area contributed by atoms with Crippen molar-refractivity contribution in [2.45, 2.75) is 45.4 Å². The highest BCUT2D eigenvalue weighted by Crippen LogP contribution is 2.33. The van der Waals surface area contributed by atoms with Crippen LogP contribution in [0.3, 0.4) is 0 Å². The SMILES string of the molecule is CCCCc1ccc(C(Cl)c2c(C)cccc2C)cc1. The van der Waals surface area contributed by atoms with E-state index in [9.17, 15) is 0 Å². The minimum absolute atomic E-state index is 0.0589. The van der Waals surface area contributed by atoms with Crippen molar-refractivity contribution < 1.29 is 0 Å². The molecule has 0 N–H and O–H groups in total. The Morgan fingerprint density at radius 3 is 2.10 bits per heavy atom. The molecule has 1 unspecified atom stereocenters. The van der Waals surface area contributed by atoms with Crippen molar-refractivity contribution in [1.82, 2.24) is 0 Å². The molecule has 0 bridgehead atoms. The molecule has 0 aromatic heterocycles. The Kier molecular flexibility index (Phi) is 5.25. The molecule has 2 aromatic carbocycles. The molecule has 2 aromatic rings. The molecule has 106 valence electrons. The third kappa shape index (κ3) is 3.43. The van der Waals surface area contributed by atoms with Gasteiger partial charge in [-0.2, -0.15) is 0 Å². The Morgan fingerprint density at radius 1 is 0.950 bits per heavy atom. The van der Waals surface area contributed by atoms with Gasteiger partial charge < -0.3 is 0 Å². The summed E-state index contributed by atoms with van der Waals surface area (Å²) in [6, 6.07) is 15.1. The second-order valence-electron chi connectivity index (χ2n) is 5.51. The topological polar surface area (TPSA) is 0 Å². The lowest BCUT2D eigenvalue weighted by Gasteiger charge is -2.16. The molecule has 0 saturated carbocycles. The predicted molar refractivity (Wildman–Crippen MR) is 88.7 cm³/mol. The molecule has 0 heterocycles. The first-order valence-corrected chi connectivity index (χ1v) is 7.86. The molecule has 2 rings (SSSR count). The van der Waals surface area contributed by atoms with Gasteiger partial charge in [0.05, 0.1) is 5.38 Å². The Bertz CT molecular complexity index is 534. The molecule has 20 heavy (non-hydrogen) atoms. The first kappa shape index (κ1) is 15.1. The van der Waals surface area contributed by atoms with Crippen LogP contribution in [0.25, 0.3) is 0 Å². The summed E-state index contributed by atoms with van der Waals surface area (Å²) in [4.78, 5) is 0. The monoisotopic (exact) mass is 286 g/mol. The minimum atomic E-state index is -0.0589. The Labute approximate surface area is 127 Å². The summed E-state index contributed by atoms with van der Waals surface area (Å²) < 4.78 is 0. The van der Waals surface area contributed by atoms with Gasteiger partial charge in [-0.1, -0.05) is 55.8 Å². The number of unbranched alkanes of at least 4 members (excludes halogenated alkanes) is 1. The lowest BCUT2D eigenvalue weighted by Crippen LogP contribution is -1.99. The van der Waals surface area contributed by atoms with Crippen molar-refractivity contribution in [3.05, 3.63) is 70.3 Å². The molecule has 0 aliphatic carbocycles. The lowest BCUT2D eigenvalue weighted by atomic mass is 9.95. The third-order valence-electron chi connectivity index (χ3n) is 3.89. The van der Waals surface area contributed by atoms with Crippen LogP contribution in [0.15, 0.2) is 42.5 Å². The van der Waals surface area contributed by atoms with E-state index in [0.717, 1.165) is 6.42 Å². The standard InChI is InChI=1S/C19H23Cl/c1-4-5-9-16-10-12-17(13-11-16)19(20)18-14(2)7-6-8-15(18)3/h6-8,10-13,19H,4-5,9H2,1-3H3. The highest BCUT2D eigenvalue weighted by molar-refractivity contribution is 6.22. The minimum Gasteiger partial charge on any atom is -0.113 e. The highest BCUT2D eigenvalue weighted by Gasteiger charge is 2.15. The van der Waals surface area contributed by atoms with Crippen LogP contribution in [0.5, 0.6) is 0 Å². The molecule has 1 atom stereocenters. The van der Waals surface area contributed by atoms with Crippen LogP contribution in [0.4, 0.5) is 0 Å². The molecule has 0 amide bonds. The quantitative estimate of drug-likeness (QED) is 0.594. The van der Waals surface area contributed by atoms with Crippen molar-refractivity contribution in [2.24, 2.45) is 0 Å². The van der Waals surface area contributed by atoms with Crippen LogP contribution in [0.2, 0.25) is 0 Å². The number of hydrogen-bond acceptors (Lipinski definition) is 0. The van der Waals surface area contributed by atoms with Gasteiger partial charge in [-0.05, 0) is 54.5 Å². The van der Waals surface area contributed by atoms with E-state index in [-0.39, 0.29) is 5.38 Å². The zero-order valence-corrected chi connectivity index (χ0v) is 13.4. The summed E-state index contributed by atoms with van der Waals surface area (Å²) in [5.74, 6) is 0. The van der Waals surface area contributed by atoms with E-state index in [1.54, 1.807) is 0 Å². The van der Waals surface area contributed by atoms with Gasteiger partial charge in [-0.25, -0.2) is 0 Å². The summed E-state index contributed by atoms with van der Waals surface area (Å²) in [6.45, 7) is 6.49. The molecule has 0 fully saturated rings. The largest absolute Gasteiger partial charge is 0.113 e. The Balaban J connectivity index is 2.23. The Morgan fingerprint density at radius 2 is 1.55 bits per heavy atom. The van der Waals surface area contributed by atoms with E-state index in [0.29, 0.717) is 0 Å². The summed E-state index contributed by atoms with van der Waals surface area (Å²) in [5.41, 5.74) is 6.36. The molecule has 0 radical (unpaired) electrons. The van der Waals surface area contributed by atoms with Crippen molar-refractivity contribution in [1.29, 1.82) is 0 Å². The highest BCUT2D eigenvalue weighted by atomic mass is 35.5. The van der Waals surface area contributed by atoms with Crippen LogP contribution in [-0.2, 0) is 6.42 Å². The van der Waals surface area contributed by atoms with Crippen molar-refractivity contribution >= 4 is 11.6 Å². The van der Waals surface area contributed by atoms with Gasteiger partial charge in [0.1, 0.15) is 0 Å². The molecular weight excluding hydrogens is 264 g/mol. The average molecular weight is 287 g/mol. The molecule has 0 saturated heterocycles. The van der Waals surface area contributed by atoms with E-state index in [1.165, 1.54) is 40.7 Å². The maximum atomic E-state index is 6.70. The van der Waals surface area contributed by atoms with E-state index in [4.69, 9.17) is 11.6 Å². The van der Waals surface area contributed by atoms with Crippen molar-refractivity contribution in [3.63, 3.8) is 0 Å². The van der Waals surface area contributed by atoms with Crippen LogP contribution < -0.4 is 0 Å². The van der Waals surface area contributed by atoms with Gasteiger partial charge in [0.15, 0.2) is 0 Å². The number of rotatable bonds is 5. The van der Waals surface area contributed by atoms with Gasteiger partial charge in [0.2, 0.25) is 0 Å². The van der Waals surface area contributed by atoms with Crippen LogP contribution in [-0.4, -0.2) is 0 Å². The summed E-state index contributed by atoms with van der Waals surface area (Å²) in [6.07, 6.45) is 3.65. The molecule has 1 heteroatoms. The summed E-state index contributed by atoms with van der Waals surface area (Å²) >= 11 is 6.70. The van der Waals surface area contributed by atoms with Gasteiger partial charge in [-0.15, -0.1) is 11.6 Å². The number of aryl methyl sites for hydroxylation is 3. The molecule has 0 aliphatic heterocycles. The van der Waals surface area contributed by atoms with Gasteiger partial charge in [0, 0.05) is 0 Å². The third-order valence-corrected chi connectivity index (χ3v) is 4.36. The van der Waals surface area contributed by atoms with Gasteiger partial charge in [-0.3, -0.25) is 0 Å². The van der Waals surface area contributed by atoms with E-state index in [1.807, 2.05) is 0 Å². The average Bonchev–Trinajstić information content (AvgIpc) is 2.45. The van der Waals surface area contributed by atoms with Crippen molar-refractivity contribution in [3.8, 4) is 0 Å². The van der Waals surface area contributed by atoms with Crippen molar-refractivity contribution in [2.75, 3.05) is 0 Å². The Hall–Kier alpha value is -1.27. The molecule has 0 aliphatic rings. The molecular formula is C19H23Cl. The zero-order chi connectivity index (χ0) is 14.5. The summed E-state index contributed by atoms with van der Waals surface area (Å²) in [7, 11) is 0. The maximum Gasteiger partial charge on any atom is 0.0840 e. The van der Waals surface area contributed by atoms with Crippen LogP contribution >= 0.6 is 11.6 Å². The molecule has 0 nitrogen and oxygen atoms in total. The van der Waals surface area contributed by atoms with Crippen LogP contribution in [0, 0.1) is 13.8 Å². The van der Waals surface area contributed by atoms with Gasteiger partial charge >= 0.3 is 0 Å². The molecule has 0 spiro atoms. The first-order valence-electron chi connectivity index (χ1n) is 7.42. The smallest absolute Gasteiger partial charge is 0.0840 e. The fraction of sp³-hybridized carbons (Fsp3) is 0.368. The number of halogens is 1. The normalized spacial score (nSPS) is 12.4. The number of hydrogen-bond donors (Lipinski definition) is 0. The predicted octanol–water partition coefficient (Wildman–Crippen LogP) is 5.97. The summed E-state index contributed by atoms with van der Waals surface area (Å²) in [5, 5.41) is -0.0589. The van der Waals surface area contributed by atoms with E-state index < -0.39 is 0 Å². The van der Waals surface area contributed by atoms with Crippen LogP contribution in [0.1, 0.15) is 53.0 Å². The first-order chi connectivity index (χ1) is 9.63. The maximum absolute atomic E-state index is 6.70. The van der Waals surface area contributed by atoms with E-state index >= 15 is 0 Å². The lowest BCUT2D eigenvalue weighted by molar-refractivity contribution is 0.794. The number of alkyl halides is 1. The zero-order valence-electron chi connectivity index (χ0n) is 12.6. The second-order valence-corrected chi connectivity index (χ2v) is 5.95. The fourth-order valence-corrected chi connectivity index (χ4v) is 3.12. The second kappa shape index (κ2) is 6.95. The fourth-order valence-electron chi connectivity index (χ4n) is 2.63. The van der Waals surface area contributed by atoms with Gasteiger partial charge in [0.25, 0.3) is 0 Å². The van der Waals surface area contributed by atoms with E-state index in [2.05, 4.69) is 63.2 Å².